The number of rotatable bonds is 5. The molecule has 0 fully saturated rings. The number of carbonyl (C=O) groups excluding carboxylic acids is 2. The lowest BCUT2D eigenvalue weighted by atomic mass is 10.1. The van der Waals surface area contributed by atoms with Crippen LogP contribution in [-0.2, 0) is 9.59 Å². The number of benzene rings is 1. The third kappa shape index (κ3) is 2.26. The number of para-hydroxylation sites is 1. The summed E-state index contributed by atoms with van der Waals surface area (Å²) in [6, 6.07) is 6.88. The van der Waals surface area contributed by atoms with Gasteiger partial charge in [0.15, 0.2) is 6.29 Å². The normalized spacial score (nSPS) is 9.14. The van der Waals surface area contributed by atoms with E-state index in [0.717, 1.165) is 6.29 Å². The minimum absolute atomic E-state index is 0.0981. The Morgan fingerprint density at radius 1 is 1.36 bits per heavy atom. The molecule has 0 heterocycles. The molecule has 1 aromatic carbocycles. The molecule has 14 heavy (non-hydrogen) atoms. The lowest BCUT2D eigenvalue weighted by Gasteiger charge is -2.07. The van der Waals surface area contributed by atoms with Gasteiger partial charge in [-0.15, -0.1) is 0 Å². The summed E-state index contributed by atoms with van der Waals surface area (Å²) in [4.78, 5) is 20.6. The van der Waals surface area contributed by atoms with Gasteiger partial charge in [-0.25, -0.2) is 0 Å². The average molecular weight is 190 g/mol. The van der Waals surface area contributed by atoms with Crippen LogP contribution in [0, 0.1) is 5.41 Å². The van der Waals surface area contributed by atoms with Crippen LogP contribution in [0.4, 0.5) is 5.69 Å². The standard InChI is InChI=1S/C10H10N2O2/c11-9(7-14)8-3-1-2-4-10(8)12-5-6-13/h1-4,6-7,11-12H,5H2. The number of aldehydes is 2. The molecule has 0 amide bonds. The fourth-order valence-electron chi connectivity index (χ4n) is 1.09. The predicted octanol–water partition coefficient (Wildman–Crippen LogP) is 0.864. The molecular weight excluding hydrogens is 180 g/mol. The summed E-state index contributed by atoms with van der Waals surface area (Å²) < 4.78 is 0. The first-order chi connectivity index (χ1) is 6.79. The van der Waals surface area contributed by atoms with Gasteiger partial charge in [0.25, 0.3) is 0 Å². The van der Waals surface area contributed by atoms with Crippen LogP contribution >= 0.6 is 0 Å². The minimum atomic E-state index is -0.0981. The van der Waals surface area contributed by atoms with Gasteiger partial charge in [-0.3, -0.25) is 10.2 Å². The van der Waals surface area contributed by atoms with Gasteiger partial charge in [0.2, 0.25) is 0 Å². The zero-order valence-corrected chi connectivity index (χ0v) is 7.49. The molecular formula is C10H10N2O2. The van der Waals surface area contributed by atoms with Gasteiger partial charge in [0.05, 0.1) is 6.54 Å². The maximum atomic E-state index is 10.4. The molecule has 0 aliphatic carbocycles. The molecule has 0 aliphatic rings. The highest BCUT2D eigenvalue weighted by molar-refractivity contribution is 6.36. The fourth-order valence-corrected chi connectivity index (χ4v) is 1.09. The largest absolute Gasteiger partial charge is 0.378 e. The summed E-state index contributed by atoms with van der Waals surface area (Å²) in [6.45, 7) is 0.170. The smallest absolute Gasteiger partial charge is 0.168 e. The third-order valence-corrected chi connectivity index (χ3v) is 1.71. The highest BCUT2D eigenvalue weighted by Crippen LogP contribution is 2.14. The Bertz CT molecular complexity index is 361. The highest BCUT2D eigenvalue weighted by Gasteiger charge is 2.04. The summed E-state index contributed by atoms with van der Waals surface area (Å²) in [5, 5.41) is 10.2. The van der Waals surface area contributed by atoms with Gasteiger partial charge in [-0.05, 0) is 6.07 Å². The Balaban J connectivity index is 2.96. The minimum Gasteiger partial charge on any atom is -0.378 e. The van der Waals surface area contributed by atoms with E-state index in [9.17, 15) is 9.59 Å². The molecule has 0 atom stereocenters. The molecule has 4 heteroatoms. The molecule has 0 radical (unpaired) electrons. The van der Waals surface area contributed by atoms with E-state index in [4.69, 9.17) is 5.41 Å². The highest BCUT2D eigenvalue weighted by atomic mass is 16.1. The zero-order valence-electron chi connectivity index (χ0n) is 7.49. The summed E-state index contributed by atoms with van der Waals surface area (Å²) in [5.74, 6) is 0. The zero-order chi connectivity index (χ0) is 10.4. The van der Waals surface area contributed by atoms with E-state index in [1.54, 1.807) is 24.3 Å². The maximum absolute atomic E-state index is 10.4. The van der Waals surface area contributed by atoms with Crippen LogP contribution in [0.3, 0.4) is 0 Å². The first-order valence-corrected chi connectivity index (χ1v) is 4.10. The molecule has 4 nitrogen and oxygen atoms in total. The number of carbonyl (C=O) groups is 2. The van der Waals surface area contributed by atoms with Crippen molar-refractivity contribution in [2.24, 2.45) is 0 Å². The second-order valence-corrected chi connectivity index (χ2v) is 2.62. The van der Waals surface area contributed by atoms with E-state index in [-0.39, 0.29) is 12.3 Å². The van der Waals surface area contributed by atoms with Gasteiger partial charge < -0.3 is 10.1 Å². The van der Waals surface area contributed by atoms with Crippen LogP contribution in [0.5, 0.6) is 0 Å². The van der Waals surface area contributed by atoms with Crippen LogP contribution in [0.2, 0.25) is 0 Å². The molecule has 0 bridgehead atoms. The predicted molar refractivity (Wildman–Crippen MR) is 53.9 cm³/mol. The van der Waals surface area contributed by atoms with Crippen molar-refractivity contribution >= 4 is 24.0 Å². The van der Waals surface area contributed by atoms with Gasteiger partial charge in [0.1, 0.15) is 12.0 Å². The second kappa shape index (κ2) is 4.91. The van der Waals surface area contributed by atoms with Crippen molar-refractivity contribution in [1.82, 2.24) is 0 Å². The molecule has 2 N–H and O–H groups in total. The number of nitrogens with one attached hydrogen (secondary N) is 2. The molecule has 72 valence electrons. The van der Waals surface area contributed by atoms with E-state index in [2.05, 4.69) is 5.32 Å². The monoisotopic (exact) mass is 190 g/mol. The first kappa shape index (κ1) is 10.1. The molecule has 0 aromatic heterocycles. The Labute approximate surface area is 81.4 Å². The lowest BCUT2D eigenvalue weighted by Crippen LogP contribution is -2.09. The fraction of sp³-hybridized carbons (Fsp3) is 0.100. The third-order valence-electron chi connectivity index (χ3n) is 1.71. The van der Waals surface area contributed by atoms with E-state index < -0.39 is 0 Å². The van der Waals surface area contributed by atoms with E-state index >= 15 is 0 Å². The summed E-state index contributed by atoms with van der Waals surface area (Å²) in [5.41, 5.74) is 1.03. The number of hydrogen-bond donors (Lipinski definition) is 2. The van der Waals surface area contributed by atoms with E-state index in [1.165, 1.54) is 0 Å². The van der Waals surface area contributed by atoms with Gasteiger partial charge >= 0.3 is 0 Å². The van der Waals surface area contributed by atoms with E-state index in [0.29, 0.717) is 17.5 Å². The van der Waals surface area contributed by atoms with Crippen molar-refractivity contribution in [3.05, 3.63) is 29.8 Å². The summed E-state index contributed by atoms with van der Waals surface area (Å²) in [6.07, 6.45) is 1.20. The number of hydrogen-bond acceptors (Lipinski definition) is 4. The van der Waals surface area contributed by atoms with E-state index in [1.807, 2.05) is 0 Å². The first-order valence-electron chi connectivity index (χ1n) is 4.10. The molecule has 0 saturated heterocycles. The summed E-state index contributed by atoms with van der Waals surface area (Å²) >= 11 is 0. The van der Waals surface area contributed by atoms with Crippen molar-refractivity contribution in [3.8, 4) is 0 Å². The Morgan fingerprint density at radius 3 is 2.71 bits per heavy atom. The molecule has 0 aliphatic heterocycles. The quantitative estimate of drug-likeness (QED) is 0.534. The van der Waals surface area contributed by atoms with Crippen LogP contribution in [-0.4, -0.2) is 24.8 Å². The molecule has 0 saturated carbocycles. The molecule has 0 unspecified atom stereocenters. The Hall–Kier alpha value is -1.97. The molecule has 1 aromatic rings. The maximum Gasteiger partial charge on any atom is 0.168 e. The molecule has 0 spiro atoms. The lowest BCUT2D eigenvalue weighted by molar-refractivity contribution is -0.106. The van der Waals surface area contributed by atoms with Crippen molar-refractivity contribution in [2.75, 3.05) is 11.9 Å². The Morgan fingerprint density at radius 2 is 2.07 bits per heavy atom. The van der Waals surface area contributed by atoms with Gasteiger partial charge in [0, 0.05) is 11.3 Å². The van der Waals surface area contributed by atoms with Gasteiger partial charge in [-0.1, -0.05) is 18.2 Å². The Kier molecular flexibility index (Phi) is 3.55. The van der Waals surface area contributed by atoms with Crippen molar-refractivity contribution < 1.29 is 9.59 Å². The topological polar surface area (TPSA) is 70.0 Å². The SMILES string of the molecule is N=C(C=O)c1ccccc1NCC=O. The summed E-state index contributed by atoms with van der Waals surface area (Å²) in [7, 11) is 0. The van der Waals surface area contributed by atoms with Crippen LogP contribution in [0.15, 0.2) is 24.3 Å². The second-order valence-electron chi connectivity index (χ2n) is 2.62. The van der Waals surface area contributed by atoms with Crippen LogP contribution in [0.25, 0.3) is 0 Å². The number of anilines is 1. The van der Waals surface area contributed by atoms with Crippen LogP contribution in [0.1, 0.15) is 5.56 Å². The van der Waals surface area contributed by atoms with Crippen molar-refractivity contribution in [1.29, 1.82) is 5.41 Å². The van der Waals surface area contributed by atoms with Gasteiger partial charge in [-0.2, -0.15) is 0 Å². The average Bonchev–Trinajstić information content (AvgIpc) is 2.25. The molecule has 1 rings (SSSR count). The van der Waals surface area contributed by atoms with Crippen LogP contribution < -0.4 is 5.32 Å². The van der Waals surface area contributed by atoms with Crippen molar-refractivity contribution in [3.63, 3.8) is 0 Å². The van der Waals surface area contributed by atoms with Crippen molar-refractivity contribution in [2.45, 2.75) is 0 Å².